The average Bonchev–Trinajstić information content (AvgIpc) is 2.51. The molecule has 0 aliphatic rings. The van der Waals surface area contributed by atoms with E-state index in [1.54, 1.807) is 13.0 Å². The van der Waals surface area contributed by atoms with Gasteiger partial charge in [0.05, 0.1) is 11.9 Å². The van der Waals surface area contributed by atoms with Gasteiger partial charge in [-0.1, -0.05) is 16.8 Å². The number of ether oxygens (including phenoxy) is 1. The molecule has 0 bridgehead atoms. The van der Waals surface area contributed by atoms with Crippen LogP contribution in [0.4, 0.5) is 4.39 Å². The third kappa shape index (κ3) is 3.51. The minimum atomic E-state index is -1.36. The van der Waals surface area contributed by atoms with Crippen LogP contribution in [0.25, 0.3) is 0 Å². The van der Waals surface area contributed by atoms with Gasteiger partial charge in [0.2, 0.25) is 5.82 Å². The number of H-pyrrole nitrogens is 1. The Kier molecular flexibility index (Phi) is 4.69. The highest BCUT2D eigenvalue weighted by atomic mass is 19.1. The number of hydrogen-bond donors (Lipinski definition) is 2. The van der Waals surface area contributed by atoms with Gasteiger partial charge in [-0.2, -0.15) is 4.39 Å². The predicted molar refractivity (Wildman–Crippen MR) is 77.3 cm³/mol. The SMILES string of the molecule is CO/N=C(/C(=O)O)c1cc(C)ccc1Oc1nc[nH]c(=O)c1F. The molecule has 2 aromatic rings. The molecule has 120 valence electrons. The maximum atomic E-state index is 13.7. The van der Waals surface area contributed by atoms with Gasteiger partial charge in [0.1, 0.15) is 12.9 Å². The van der Waals surface area contributed by atoms with Crippen LogP contribution in [0.2, 0.25) is 0 Å². The highest BCUT2D eigenvalue weighted by Crippen LogP contribution is 2.26. The van der Waals surface area contributed by atoms with E-state index in [0.29, 0.717) is 0 Å². The van der Waals surface area contributed by atoms with E-state index < -0.39 is 28.9 Å². The third-order valence-electron chi connectivity index (χ3n) is 2.75. The van der Waals surface area contributed by atoms with E-state index in [9.17, 15) is 19.1 Å². The summed E-state index contributed by atoms with van der Waals surface area (Å²) >= 11 is 0. The summed E-state index contributed by atoms with van der Waals surface area (Å²) in [5, 5.41) is 12.7. The zero-order valence-electron chi connectivity index (χ0n) is 12.2. The Bertz CT molecular complexity index is 831. The molecule has 0 spiro atoms. The molecule has 1 aromatic carbocycles. The van der Waals surface area contributed by atoms with E-state index >= 15 is 0 Å². The van der Waals surface area contributed by atoms with Crippen LogP contribution in [0.1, 0.15) is 11.1 Å². The summed E-state index contributed by atoms with van der Waals surface area (Å²) in [5.74, 6) is -3.20. The molecular weight excluding hydrogens is 309 g/mol. The Labute approximate surface area is 129 Å². The van der Waals surface area contributed by atoms with Gasteiger partial charge in [-0.15, -0.1) is 0 Å². The monoisotopic (exact) mass is 321 g/mol. The maximum absolute atomic E-state index is 13.7. The molecule has 0 aliphatic heterocycles. The number of aliphatic carboxylic acids is 1. The van der Waals surface area contributed by atoms with Gasteiger partial charge in [0, 0.05) is 0 Å². The highest BCUT2D eigenvalue weighted by molar-refractivity contribution is 6.43. The molecule has 0 saturated carbocycles. The topological polar surface area (TPSA) is 114 Å². The Morgan fingerprint density at radius 2 is 2.17 bits per heavy atom. The number of benzene rings is 1. The van der Waals surface area contributed by atoms with Crippen LogP contribution >= 0.6 is 0 Å². The summed E-state index contributed by atoms with van der Waals surface area (Å²) in [7, 11) is 1.19. The number of aromatic amines is 1. The second-order valence-corrected chi connectivity index (χ2v) is 4.38. The molecule has 2 rings (SSSR count). The average molecular weight is 321 g/mol. The van der Waals surface area contributed by atoms with Crippen molar-refractivity contribution in [3.8, 4) is 11.6 Å². The number of aryl methyl sites for hydroxylation is 1. The van der Waals surface area contributed by atoms with Crippen molar-refractivity contribution in [2.24, 2.45) is 5.16 Å². The number of aromatic nitrogens is 2. The molecule has 9 heteroatoms. The van der Waals surface area contributed by atoms with Crippen LogP contribution in [-0.2, 0) is 9.63 Å². The van der Waals surface area contributed by atoms with Gasteiger partial charge >= 0.3 is 5.97 Å². The molecule has 0 fully saturated rings. The van der Waals surface area contributed by atoms with Gasteiger partial charge in [0.25, 0.3) is 11.4 Å². The van der Waals surface area contributed by atoms with E-state index in [0.717, 1.165) is 11.9 Å². The Hall–Kier alpha value is -3.23. The largest absolute Gasteiger partial charge is 0.476 e. The first-order chi connectivity index (χ1) is 10.9. The fourth-order valence-electron chi connectivity index (χ4n) is 1.75. The number of carboxylic acid groups (broad SMARTS) is 1. The van der Waals surface area contributed by atoms with Crippen molar-refractivity contribution < 1.29 is 23.9 Å². The lowest BCUT2D eigenvalue weighted by atomic mass is 10.1. The van der Waals surface area contributed by atoms with E-state index in [4.69, 9.17) is 4.74 Å². The highest BCUT2D eigenvalue weighted by Gasteiger charge is 2.21. The molecule has 0 atom stereocenters. The predicted octanol–water partition coefficient (Wildman–Crippen LogP) is 1.44. The van der Waals surface area contributed by atoms with Crippen molar-refractivity contribution in [1.82, 2.24) is 9.97 Å². The number of nitrogens with one attached hydrogen (secondary N) is 1. The fourth-order valence-corrected chi connectivity index (χ4v) is 1.75. The van der Waals surface area contributed by atoms with Crippen LogP contribution in [0, 0.1) is 12.7 Å². The Morgan fingerprint density at radius 1 is 1.43 bits per heavy atom. The van der Waals surface area contributed by atoms with E-state index in [-0.39, 0.29) is 11.3 Å². The Balaban J connectivity index is 2.55. The number of oxime groups is 1. The van der Waals surface area contributed by atoms with Crippen LogP contribution in [0.5, 0.6) is 11.6 Å². The summed E-state index contributed by atoms with van der Waals surface area (Å²) < 4.78 is 19.0. The van der Waals surface area contributed by atoms with Gasteiger partial charge in [-0.3, -0.25) is 4.79 Å². The summed E-state index contributed by atoms with van der Waals surface area (Å²) in [6.45, 7) is 1.73. The van der Waals surface area contributed by atoms with Gasteiger partial charge in [0.15, 0.2) is 5.71 Å². The quantitative estimate of drug-likeness (QED) is 0.636. The normalized spacial score (nSPS) is 11.2. The number of carboxylic acids is 1. The molecule has 2 N–H and O–H groups in total. The Morgan fingerprint density at radius 3 is 2.83 bits per heavy atom. The maximum Gasteiger partial charge on any atom is 0.358 e. The molecule has 0 unspecified atom stereocenters. The standard InChI is InChI=1S/C14H12FN3O5/c1-7-3-4-9(8(5-7)11(14(20)21)18-22-2)23-13-10(15)12(19)16-6-17-13/h3-6H,1-2H3,(H,20,21)(H,16,17,19)/b18-11+. The third-order valence-corrected chi connectivity index (χ3v) is 2.75. The van der Waals surface area contributed by atoms with Crippen molar-refractivity contribution in [2.45, 2.75) is 6.92 Å². The van der Waals surface area contributed by atoms with Gasteiger partial charge < -0.3 is 19.7 Å². The molecule has 1 heterocycles. The number of hydrogen-bond acceptors (Lipinski definition) is 6. The van der Waals surface area contributed by atoms with Crippen molar-refractivity contribution in [3.05, 3.63) is 51.8 Å². The lowest BCUT2D eigenvalue weighted by Gasteiger charge is -2.11. The lowest BCUT2D eigenvalue weighted by molar-refractivity contribution is -0.129. The van der Waals surface area contributed by atoms with E-state index in [1.807, 2.05) is 0 Å². The van der Waals surface area contributed by atoms with Crippen molar-refractivity contribution in [1.29, 1.82) is 0 Å². The first-order valence-electron chi connectivity index (χ1n) is 6.30. The second kappa shape index (κ2) is 6.69. The minimum absolute atomic E-state index is 0.0363. The number of halogens is 1. The number of rotatable bonds is 5. The molecule has 0 radical (unpaired) electrons. The summed E-state index contributed by atoms with van der Waals surface area (Å²) in [5.41, 5.74) is -0.665. The molecule has 0 amide bonds. The van der Waals surface area contributed by atoms with Crippen molar-refractivity contribution >= 4 is 11.7 Å². The van der Waals surface area contributed by atoms with Crippen molar-refractivity contribution in [2.75, 3.05) is 7.11 Å². The van der Waals surface area contributed by atoms with Gasteiger partial charge in [-0.25, -0.2) is 9.78 Å². The zero-order valence-corrected chi connectivity index (χ0v) is 12.2. The molecule has 0 aliphatic carbocycles. The summed E-state index contributed by atoms with van der Waals surface area (Å²) in [4.78, 5) is 32.7. The molecule has 23 heavy (non-hydrogen) atoms. The van der Waals surface area contributed by atoms with Crippen LogP contribution < -0.4 is 10.3 Å². The van der Waals surface area contributed by atoms with Crippen LogP contribution in [0.15, 0.2) is 34.5 Å². The molecule has 1 aromatic heterocycles. The fraction of sp³-hybridized carbons (Fsp3) is 0.143. The first kappa shape index (κ1) is 16.1. The van der Waals surface area contributed by atoms with E-state index in [2.05, 4.69) is 20.0 Å². The smallest absolute Gasteiger partial charge is 0.358 e. The molecule has 0 saturated heterocycles. The zero-order chi connectivity index (χ0) is 17.0. The van der Waals surface area contributed by atoms with Gasteiger partial charge in [-0.05, 0) is 19.1 Å². The summed E-state index contributed by atoms with van der Waals surface area (Å²) in [6.07, 6.45) is 0.968. The first-order valence-corrected chi connectivity index (χ1v) is 6.30. The number of carbonyl (C=O) groups is 1. The second-order valence-electron chi connectivity index (χ2n) is 4.38. The molecule has 8 nitrogen and oxygen atoms in total. The van der Waals surface area contributed by atoms with Crippen molar-refractivity contribution in [3.63, 3.8) is 0 Å². The minimum Gasteiger partial charge on any atom is -0.476 e. The lowest BCUT2D eigenvalue weighted by Crippen LogP contribution is -2.17. The summed E-state index contributed by atoms with van der Waals surface area (Å²) in [6, 6.07) is 4.52. The van der Waals surface area contributed by atoms with E-state index in [1.165, 1.54) is 19.2 Å². The van der Waals surface area contributed by atoms with Crippen LogP contribution in [0.3, 0.4) is 0 Å². The number of nitrogens with zero attached hydrogens (tertiary/aromatic N) is 2. The molecular formula is C14H12FN3O5. The van der Waals surface area contributed by atoms with Crippen LogP contribution in [-0.4, -0.2) is 33.9 Å².